The lowest BCUT2D eigenvalue weighted by Crippen LogP contribution is -2.23. The lowest BCUT2D eigenvalue weighted by atomic mass is 10.1. The van der Waals surface area contributed by atoms with Crippen LogP contribution in [0.15, 0.2) is 52.4 Å². The Morgan fingerprint density at radius 1 is 1.12 bits per heavy atom. The minimum atomic E-state index is -0.537. The highest BCUT2D eigenvalue weighted by molar-refractivity contribution is 6.07. The molecular weight excluding hydrogens is 323 g/mol. The Balaban J connectivity index is 1.66. The Hall–Kier alpha value is -3.35. The number of carbonyl (C=O) groups excluding carboxylic acids is 1. The average molecular weight is 336 g/mol. The molecule has 7 heteroatoms. The molecule has 124 valence electrons. The summed E-state index contributed by atoms with van der Waals surface area (Å²) in [5.74, 6) is -0.799. The van der Waals surface area contributed by atoms with Crippen LogP contribution in [0.3, 0.4) is 0 Å². The van der Waals surface area contributed by atoms with Crippen LogP contribution in [-0.2, 0) is 6.42 Å². The van der Waals surface area contributed by atoms with E-state index in [4.69, 9.17) is 0 Å². The smallest absolute Gasteiger partial charge is 0.267 e. The van der Waals surface area contributed by atoms with Gasteiger partial charge in [-0.3, -0.25) is 9.59 Å². The van der Waals surface area contributed by atoms with Crippen molar-refractivity contribution in [1.82, 2.24) is 15.6 Å². The molecule has 1 aliphatic rings. The number of hydrogen-bond acceptors (Lipinski definition) is 4. The number of hydrogen-bond donors (Lipinski definition) is 2. The fraction of sp³-hybridized carbons (Fsp3) is 0.111. The summed E-state index contributed by atoms with van der Waals surface area (Å²) in [6.45, 7) is 0. The van der Waals surface area contributed by atoms with Crippen LogP contribution in [0.2, 0.25) is 0 Å². The average Bonchev–Trinajstić information content (AvgIpc) is 3.05. The summed E-state index contributed by atoms with van der Waals surface area (Å²) < 4.78 is 13.8. The first-order valence-corrected chi connectivity index (χ1v) is 7.77. The summed E-state index contributed by atoms with van der Waals surface area (Å²) in [4.78, 5) is 24.2. The molecular formula is C18H13FN4O2. The standard InChI is InChI=1S/C18H13FN4O2/c19-14-7-3-6-11-10(14)8-9-15(11)20-23-18(25)16-12-4-1-2-5-13(12)17(24)22-21-16/h1-7H,8-9H2,(H,22,24)(H,23,25)/b20-15+. The van der Waals surface area contributed by atoms with Crippen LogP contribution in [0.5, 0.6) is 0 Å². The largest absolute Gasteiger partial charge is 0.292 e. The van der Waals surface area contributed by atoms with E-state index in [0.29, 0.717) is 40.5 Å². The van der Waals surface area contributed by atoms with Gasteiger partial charge in [0.05, 0.1) is 11.1 Å². The first kappa shape index (κ1) is 15.2. The zero-order valence-electron chi connectivity index (χ0n) is 13.0. The molecule has 0 radical (unpaired) electrons. The third-order valence-electron chi connectivity index (χ3n) is 4.25. The predicted molar refractivity (Wildman–Crippen MR) is 91.1 cm³/mol. The number of carbonyl (C=O) groups is 1. The monoisotopic (exact) mass is 336 g/mol. The molecule has 1 amide bonds. The molecule has 25 heavy (non-hydrogen) atoms. The number of hydrazone groups is 1. The van der Waals surface area contributed by atoms with E-state index in [9.17, 15) is 14.0 Å². The van der Waals surface area contributed by atoms with Crippen LogP contribution < -0.4 is 11.0 Å². The van der Waals surface area contributed by atoms with Crippen LogP contribution in [0.25, 0.3) is 10.8 Å². The van der Waals surface area contributed by atoms with Crippen LogP contribution in [0, 0.1) is 5.82 Å². The van der Waals surface area contributed by atoms with Gasteiger partial charge >= 0.3 is 0 Å². The normalized spacial score (nSPS) is 14.7. The molecule has 3 aromatic rings. The number of aromatic amines is 1. The Morgan fingerprint density at radius 3 is 2.76 bits per heavy atom. The number of H-pyrrole nitrogens is 1. The number of benzene rings is 2. The second kappa shape index (κ2) is 5.94. The van der Waals surface area contributed by atoms with Crippen LogP contribution >= 0.6 is 0 Å². The highest BCUT2D eigenvalue weighted by Crippen LogP contribution is 2.24. The van der Waals surface area contributed by atoms with E-state index in [1.165, 1.54) is 6.07 Å². The van der Waals surface area contributed by atoms with Gasteiger partial charge < -0.3 is 0 Å². The van der Waals surface area contributed by atoms with Crippen molar-refractivity contribution in [2.75, 3.05) is 0 Å². The summed E-state index contributed by atoms with van der Waals surface area (Å²) in [5, 5.41) is 11.1. The van der Waals surface area contributed by atoms with Gasteiger partial charge in [0.1, 0.15) is 5.82 Å². The van der Waals surface area contributed by atoms with Crippen molar-refractivity contribution in [2.24, 2.45) is 5.10 Å². The molecule has 6 nitrogen and oxygen atoms in total. The topological polar surface area (TPSA) is 87.2 Å². The highest BCUT2D eigenvalue weighted by Gasteiger charge is 2.21. The number of fused-ring (bicyclic) bond motifs is 2. The Kier molecular flexibility index (Phi) is 3.61. The molecule has 0 unspecified atom stereocenters. The Bertz CT molecular complexity index is 1090. The first-order valence-electron chi connectivity index (χ1n) is 7.77. The fourth-order valence-electron chi connectivity index (χ4n) is 3.04. The van der Waals surface area contributed by atoms with E-state index in [2.05, 4.69) is 20.7 Å². The summed E-state index contributed by atoms with van der Waals surface area (Å²) >= 11 is 0. The van der Waals surface area contributed by atoms with E-state index < -0.39 is 5.91 Å². The van der Waals surface area contributed by atoms with Gasteiger partial charge in [-0.1, -0.05) is 30.3 Å². The molecule has 0 bridgehead atoms. The van der Waals surface area contributed by atoms with E-state index >= 15 is 0 Å². The number of halogens is 1. The van der Waals surface area contributed by atoms with Crippen molar-refractivity contribution in [2.45, 2.75) is 12.8 Å². The zero-order valence-corrected chi connectivity index (χ0v) is 13.0. The molecule has 0 spiro atoms. The quantitative estimate of drug-likeness (QED) is 0.703. The molecule has 1 heterocycles. The number of rotatable bonds is 2. The van der Waals surface area contributed by atoms with Crippen molar-refractivity contribution in [3.63, 3.8) is 0 Å². The van der Waals surface area contributed by atoms with Gasteiger partial charge in [-0.05, 0) is 30.5 Å². The van der Waals surface area contributed by atoms with Crippen molar-refractivity contribution < 1.29 is 9.18 Å². The minimum Gasteiger partial charge on any atom is -0.267 e. The first-order chi connectivity index (χ1) is 12.1. The number of nitrogens with zero attached hydrogens (tertiary/aromatic N) is 2. The van der Waals surface area contributed by atoms with Gasteiger partial charge in [-0.15, -0.1) is 0 Å². The molecule has 0 saturated heterocycles. The van der Waals surface area contributed by atoms with Crippen LogP contribution in [0.1, 0.15) is 28.0 Å². The third kappa shape index (κ3) is 2.59. The number of aromatic nitrogens is 2. The fourth-order valence-corrected chi connectivity index (χ4v) is 3.04. The summed E-state index contributed by atoms with van der Waals surface area (Å²) in [7, 11) is 0. The van der Waals surface area contributed by atoms with E-state index in [-0.39, 0.29) is 17.1 Å². The third-order valence-corrected chi connectivity index (χ3v) is 4.25. The second-order valence-electron chi connectivity index (χ2n) is 5.71. The number of nitrogens with one attached hydrogen (secondary N) is 2. The maximum absolute atomic E-state index is 13.8. The van der Waals surface area contributed by atoms with Crippen molar-refractivity contribution in [1.29, 1.82) is 0 Å². The second-order valence-corrected chi connectivity index (χ2v) is 5.71. The minimum absolute atomic E-state index is 0.0806. The zero-order chi connectivity index (χ0) is 17.4. The van der Waals surface area contributed by atoms with Crippen molar-refractivity contribution in [3.8, 4) is 0 Å². The van der Waals surface area contributed by atoms with E-state index in [1.807, 2.05) is 0 Å². The number of amides is 1. The molecule has 0 fully saturated rings. The van der Waals surface area contributed by atoms with E-state index in [0.717, 1.165) is 0 Å². The van der Waals surface area contributed by atoms with Gasteiger partial charge in [-0.25, -0.2) is 14.9 Å². The Morgan fingerprint density at radius 2 is 1.92 bits per heavy atom. The molecule has 0 atom stereocenters. The van der Waals surface area contributed by atoms with Crippen LogP contribution in [-0.4, -0.2) is 21.8 Å². The lowest BCUT2D eigenvalue weighted by Gasteiger charge is -2.05. The molecule has 0 aliphatic heterocycles. The molecule has 1 aliphatic carbocycles. The SMILES string of the molecule is O=C(N/N=C1\CCc2c(F)cccc21)c1n[nH]c(=O)c2ccccc12. The maximum atomic E-state index is 13.8. The summed E-state index contributed by atoms with van der Waals surface area (Å²) in [6, 6.07) is 11.5. The van der Waals surface area contributed by atoms with Crippen molar-refractivity contribution >= 4 is 22.4 Å². The molecule has 2 aromatic carbocycles. The van der Waals surface area contributed by atoms with Gasteiger partial charge in [-0.2, -0.15) is 10.2 Å². The van der Waals surface area contributed by atoms with Gasteiger partial charge in [0.2, 0.25) is 0 Å². The van der Waals surface area contributed by atoms with Crippen molar-refractivity contribution in [3.05, 3.63) is 75.5 Å². The van der Waals surface area contributed by atoms with Gasteiger partial charge in [0, 0.05) is 10.9 Å². The predicted octanol–water partition coefficient (Wildman–Crippen LogP) is 2.14. The molecule has 1 aromatic heterocycles. The van der Waals surface area contributed by atoms with Gasteiger partial charge in [0.25, 0.3) is 11.5 Å². The van der Waals surface area contributed by atoms with Crippen LogP contribution in [0.4, 0.5) is 4.39 Å². The van der Waals surface area contributed by atoms with Gasteiger partial charge in [0.15, 0.2) is 5.69 Å². The molecule has 4 rings (SSSR count). The highest BCUT2D eigenvalue weighted by atomic mass is 19.1. The lowest BCUT2D eigenvalue weighted by molar-refractivity contribution is 0.0950. The maximum Gasteiger partial charge on any atom is 0.292 e. The molecule has 2 N–H and O–H groups in total. The van der Waals surface area contributed by atoms with E-state index in [1.54, 1.807) is 36.4 Å². The molecule has 0 saturated carbocycles. The Labute approximate surface area is 141 Å². The summed E-state index contributed by atoms with van der Waals surface area (Å²) in [5.41, 5.74) is 4.12. The summed E-state index contributed by atoms with van der Waals surface area (Å²) in [6.07, 6.45) is 1.10.